The zero-order valence-electron chi connectivity index (χ0n) is 17.5. The number of ether oxygens (including phenoxy) is 1. The van der Waals surface area contributed by atoms with Crippen LogP contribution in [0.2, 0.25) is 0 Å². The standard InChI is InChI=1S/C20H28N4O4S/c1-14-12-18(24(22-14)20(2,3)4)21-19(25)15-8-9-16(28-5)17(13-15)29(26,27)23-10-6-7-11-23/h8-9,12-13H,6-7,10-11H2,1-5H3,(H,21,25). The Morgan fingerprint density at radius 1 is 1.17 bits per heavy atom. The topological polar surface area (TPSA) is 93.5 Å². The van der Waals surface area contributed by atoms with Gasteiger partial charge < -0.3 is 10.1 Å². The van der Waals surface area contributed by atoms with Crippen LogP contribution in [0.25, 0.3) is 0 Å². The number of nitrogens with zero attached hydrogens (tertiary/aromatic N) is 3. The van der Waals surface area contributed by atoms with Crippen molar-refractivity contribution in [1.29, 1.82) is 0 Å². The number of carbonyl (C=O) groups excluding carboxylic acids is 1. The van der Waals surface area contributed by atoms with Crippen molar-refractivity contribution in [2.45, 2.75) is 51.0 Å². The van der Waals surface area contributed by atoms with E-state index in [9.17, 15) is 13.2 Å². The molecule has 1 aromatic carbocycles. The van der Waals surface area contributed by atoms with Gasteiger partial charge in [-0.25, -0.2) is 13.1 Å². The lowest BCUT2D eigenvalue weighted by Gasteiger charge is -2.22. The van der Waals surface area contributed by atoms with E-state index in [0.29, 0.717) is 18.9 Å². The molecule has 1 fully saturated rings. The molecule has 2 aromatic rings. The lowest BCUT2D eigenvalue weighted by Crippen LogP contribution is -2.29. The highest BCUT2D eigenvalue weighted by atomic mass is 32.2. The Morgan fingerprint density at radius 2 is 1.83 bits per heavy atom. The van der Waals surface area contributed by atoms with Crippen LogP contribution in [-0.4, -0.2) is 48.6 Å². The van der Waals surface area contributed by atoms with E-state index < -0.39 is 15.9 Å². The third-order valence-corrected chi connectivity index (χ3v) is 6.74. The molecule has 0 atom stereocenters. The lowest BCUT2D eigenvalue weighted by atomic mass is 10.1. The van der Waals surface area contributed by atoms with E-state index in [4.69, 9.17) is 4.74 Å². The number of sulfonamides is 1. The highest BCUT2D eigenvalue weighted by molar-refractivity contribution is 7.89. The van der Waals surface area contributed by atoms with Crippen molar-refractivity contribution in [3.63, 3.8) is 0 Å². The second-order valence-corrected chi connectivity index (χ2v) is 10.1. The Hall–Kier alpha value is -2.39. The predicted molar refractivity (Wildman–Crippen MR) is 111 cm³/mol. The average Bonchev–Trinajstić information content (AvgIpc) is 3.31. The fourth-order valence-electron chi connectivity index (χ4n) is 3.38. The van der Waals surface area contributed by atoms with Gasteiger partial charge in [-0.1, -0.05) is 0 Å². The fraction of sp³-hybridized carbons (Fsp3) is 0.500. The Kier molecular flexibility index (Phi) is 5.73. The van der Waals surface area contributed by atoms with Gasteiger partial charge in [-0.15, -0.1) is 0 Å². The molecule has 158 valence electrons. The number of rotatable bonds is 5. The van der Waals surface area contributed by atoms with E-state index in [1.807, 2.05) is 27.7 Å². The van der Waals surface area contributed by atoms with Gasteiger partial charge in [0.2, 0.25) is 10.0 Å². The zero-order valence-corrected chi connectivity index (χ0v) is 18.3. The summed E-state index contributed by atoms with van der Waals surface area (Å²) in [7, 11) is -2.31. The van der Waals surface area contributed by atoms with Crippen LogP contribution in [0, 0.1) is 6.92 Å². The number of hydrogen-bond acceptors (Lipinski definition) is 5. The molecule has 0 saturated carbocycles. The molecule has 1 amide bonds. The summed E-state index contributed by atoms with van der Waals surface area (Å²) in [5.74, 6) is 0.375. The van der Waals surface area contributed by atoms with Crippen LogP contribution >= 0.6 is 0 Å². The first-order valence-corrected chi connectivity index (χ1v) is 11.0. The molecule has 1 N–H and O–H groups in total. The first kappa shape index (κ1) is 21.3. The smallest absolute Gasteiger partial charge is 0.256 e. The largest absolute Gasteiger partial charge is 0.495 e. The number of aryl methyl sites for hydroxylation is 1. The van der Waals surface area contributed by atoms with Crippen molar-refractivity contribution in [3.05, 3.63) is 35.5 Å². The second kappa shape index (κ2) is 7.79. The summed E-state index contributed by atoms with van der Waals surface area (Å²) in [6, 6.07) is 6.24. The minimum Gasteiger partial charge on any atom is -0.495 e. The van der Waals surface area contributed by atoms with Gasteiger partial charge in [-0.3, -0.25) is 4.79 Å². The number of aromatic nitrogens is 2. The summed E-state index contributed by atoms with van der Waals surface area (Å²) in [4.78, 5) is 12.9. The summed E-state index contributed by atoms with van der Waals surface area (Å²) in [5.41, 5.74) is 0.700. The van der Waals surface area contributed by atoms with E-state index in [2.05, 4.69) is 10.4 Å². The second-order valence-electron chi connectivity index (χ2n) is 8.18. The number of amides is 1. The molecule has 0 spiro atoms. The average molecular weight is 421 g/mol. The van der Waals surface area contributed by atoms with Crippen molar-refractivity contribution in [1.82, 2.24) is 14.1 Å². The van der Waals surface area contributed by atoms with Crippen molar-refractivity contribution in [2.75, 3.05) is 25.5 Å². The van der Waals surface area contributed by atoms with Crippen molar-refractivity contribution in [2.24, 2.45) is 0 Å². The molecule has 3 rings (SSSR count). The summed E-state index contributed by atoms with van der Waals surface area (Å²) in [5, 5.41) is 7.30. The summed E-state index contributed by atoms with van der Waals surface area (Å²) >= 11 is 0. The molecule has 1 aliphatic heterocycles. The highest BCUT2D eigenvalue weighted by Crippen LogP contribution is 2.30. The fourth-order valence-corrected chi connectivity index (χ4v) is 5.07. The van der Waals surface area contributed by atoms with E-state index in [1.165, 1.54) is 23.5 Å². The van der Waals surface area contributed by atoms with Crippen LogP contribution < -0.4 is 10.1 Å². The summed E-state index contributed by atoms with van der Waals surface area (Å²) in [6.07, 6.45) is 1.66. The number of nitrogens with one attached hydrogen (secondary N) is 1. The van der Waals surface area contributed by atoms with Crippen LogP contribution in [0.3, 0.4) is 0 Å². The quantitative estimate of drug-likeness (QED) is 0.803. The maximum atomic E-state index is 13.0. The van der Waals surface area contributed by atoms with Gasteiger partial charge in [0.15, 0.2) is 0 Å². The van der Waals surface area contributed by atoms with E-state index >= 15 is 0 Å². The van der Waals surface area contributed by atoms with Crippen LogP contribution in [0.4, 0.5) is 5.82 Å². The molecule has 9 heteroatoms. The third-order valence-electron chi connectivity index (χ3n) is 4.82. The summed E-state index contributed by atoms with van der Waals surface area (Å²) < 4.78 is 34.5. The first-order valence-electron chi connectivity index (χ1n) is 9.61. The number of hydrogen-bond donors (Lipinski definition) is 1. The molecular weight excluding hydrogens is 392 g/mol. The highest BCUT2D eigenvalue weighted by Gasteiger charge is 2.31. The maximum absolute atomic E-state index is 13.0. The molecule has 0 bridgehead atoms. The van der Waals surface area contributed by atoms with Crippen LogP contribution in [0.5, 0.6) is 5.75 Å². The SMILES string of the molecule is COc1ccc(C(=O)Nc2cc(C)nn2C(C)(C)C)cc1S(=O)(=O)N1CCCC1. The van der Waals surface area contributed by atoms with E-state index in [1.54, 1.807) is 16.8 Å². The Bertz CT molecular complexity index is 1020. The van der Waals surface area contributed by atoms with Gasteiger partial charge in [0.25, 0.3) is 5.91 Å². The molecule has 0 unspecified atom stereocenters. The number of carbonyl (C=O) groups is 1. The number of methoxy groups -OCH3 is 1. The number of anilines is 1. The van der Waals surface area contributed by atoms with E-state index in [-0.39, 0.29) is 21.7 Å². The Labute approximate surface area is 171 Å². The predicted octanol–water partition coefficient (Wildman–Crippen LogP) is 2.99. The monoisotopic (exact) mass is 420 g/mol. The van der Waals surface area contributed by atoms with Gasteiger partial charge in [0, 0.05) is 24.7 Å². The molecule has 29 heavy (non-hydrogen) atoms. The van der Waals surface area contributed by atoms with Crippen molar-refractivity contribution in [3.8, 4) is 5.75 Å². The minimum atomic E-state index is -3.73. The molecule has 1 aliphatic rings. The van der Waals surface area contributed by atoms with Crippen LogP contribution in [0.1, 0.15) is 49.7 Å². The molecular formula is C20H28N4O4S. The normalized spacial score (nSPS) is 15.5. The van der Waals surface area contributed by atoms with Gasteiger partial charge in [-0.2, -0.15) is 9.40 Å². The van der Waals surface area contributed by atoms with Gasteiger partial charge >= 0.3 is 0 Å². The Balaban J connectivity index is 1.95. The Morgan fingerprint density at radius 3 is 2.41 bits per heavy atom. The van der Waals surface area contributed by atoms with Crippen LogP contribution in [-0.2, 0) is 15.6 Å². The van der Waals surface area contributed by atoms with Gasteiger partial charge in [0.05, 0.1) is 18.3 Å². The van der Waals surface area contributed by atoms with Crippen molar-refractivity contribution >= 4 is 21.7 Å². The van der Waals surface area contributed by atoms with Crippen LogP contribution in [0.15, 0.2) is 29.2 Å². The lowest BCUT2D eigenvalue weighted by molar-refractivity contribution is 0.102. The maximum Gasteiger partial charge on any atom is 0.256 e. The zero-order chi connectivity index (χ0) is 21.4. The molecule has 2 heterocycles. The number of benzene rings is 1. The molecule has 1 aromatic heterocycles. The minimum absolute atomic E-state index is 0.00931. The molecule has 1 saturated heterocycles. The van der Waals surface area contributed by atoms with Gasteiger partial charge in [-0.05, 0) is 58.7 Å². The van der Waals surface area contributed by atoms with Crippen molar-refractivity contribution < 1.29 is 17.9 Å². The third kappa shape index (κ3) is 4.30. The van der Waals surface area contributed by atoms with Gasteiger partial charge in [0.1, 0.15) is 16.5 Å². The first-order chi connectivity index (χ1) is 13.5. The molecule has 0 radical (unpaired) electrons. The molecule has 8 nitrogen and oxygen atoms in total. The van der Waals surface area contributed by atoms with E-state index in [0.717, 1.165) is 18.5 Å². The molecule has 0 aliphatic carbocycles. The summed E-state index contributed by atoms with van der Waals surface area (Å²) in [6.45, 7) is 8.78.